The Bertz CT molecular complexity index is 1410. The number of aromatic nitrogens is 2. The molecule has 0 radical (unpaired) electrons. The number of anilines is 3. The van der Waals surface area contributed by atoms with Crippen molar-refractivity contribution in [2.75, 3.05) is 17.1 Å². The minimum atomic E-state index is -4.01. The van der Waals surface area contributed by atoms with Crippen LogP contribution in [0.3, 0.4) is 0 Å². The number of nitrogens with zero attached hydrogens (tertiary/aromatic N) is 3. The average Bonchev–Trinajstić information content (AvgIpc) is 2.79. The van der Waals surface area contributed by atoms with Crippen molar-refractivity contribution in [3.63, 3.8) is 0 Å². The number of sulfonamides is 1. The van der Waals surface area contributed by atoms with Crippen LogP contribution in [0, 0.1) is 11.3 Å². The molecule has 1 aromatic heterocycles. The highest BCUT2D eigenvalue weighted by atomic mass is 32.2. The standard InChI is InChI=1S/C22H17N5O3S/c1-30-17-8-5-7-16(13-17)24-21-22(26-20-11-3-2-10-19(20)25-21)27-31(28,29)18-9-4-6-15(12-18)14-23/h2-13H,1H3,(H,24,25)(H,26,27). The van der Waals surface area contributed by atoms with E-state index in [4.69, 9.17) is 10.00 Å². The van der Waals surface area contributed by atoms with Gasteiger partial charge in [-0.25, -0.2) is 18.4 Å². The lowest BCUT2D eigenvalue weighted by Crippen LogP contribution is -2.16. The van der Waals surface area contributed by atoms with Gasteiger partial charge >= 0.3 is 0 Å². The maximum absolute atomic E-state index is 13.0. The molecule has 3 aromatic carbocycles. The van der Waals surface area contributed by atoms with Crippen LogP contribution in [-0.2, 0) is 10.0 Å². The first-order valence-corrected chi connectivity index (χ1v) is 10.7. The summed E-state index contributed by atoms with van der Waals surface area (Å²) in [6.45, 7) is 0. The Hall–Kier alpha value is -4.16. The Morgan fingerprint density at radius 2 is 1.61 bits per heavy atom. The van der Waals surface area contributed by atoms with E-state index >= 15 is 0 Å². The molecule has 1 heterocycles. The van der Waals surface area contributed by atoms with Crippen LogP contribution in [0.5, 0.6) is 5.75 Å². The van der Waals surface area contributed by atoms with Crippen molar-refractivity contribution in [3.8, 4) is 11.8 Å². The number of benzene rings is 3. The summed E-state index contributed by atoms with van der Waals surface area (Å²) in [4.78, 5) is 8.95. The van der Waals surface area contributed by atoms with Gasteiger partial charge in [0.2, 0.25) is 0 Å². The molecule has 2 N–H and O–H groups in total. The summed E-state index contributed by atoms with van der Waals surface area (Å²) in [6, 6.07) is 22.0. The van der Waals surface area contributed by atoms with E-state index in [2.05, 4.69) is 20.0 Å². The van der Waals surface area contributed by atoms with E-state index in [0.29, 0.717) is 22.5 Å². The van der Waals surface area contributed by atoms with E-state index in [1.165, 1.54) is 24.3 Å². The highest BCUT2D eigenvalue weighted by Gasteiger charge is 2.19. The zero-order valence-corrected chi connectivity index (χ0v) is 17.2. The van der Waals surface area contributed by atoms with Crippen LogP contribution in [0.4, 0.5) is 17.3 Å². The van der Waals surface area contributed by atoms with E-state index < -0.39 is 10.0 Å². The molecule has 0 bridgehead atoms. The van der Waals surface area contributed by atoms with Crippen molar-refractivity contribution in [2.45, 2.75) is 4.90 Å². The van der Waals surface area contributed by atoms with Crippen LogP contribution in [0.15, 0.2) is 77.7 Å². The van der Waals surface area contributed by atoms with E-state index in [1.807, 2.05) is 12.1 Å². The molecule has 0 spiro atoms. The lowest BCUT2D eigenvalue weighted by molar-refractivity contribution is 0.415. The van der Waals surface area contributed by atoms with Gasteiger partial charge in [-0.15, -0.1) is 0 Å². The predicted octanol–water partition coefficient (Wildman–Crippen LogP) is 4.05. The number of nitrogens with one attached hydrogen (secondary N) is 2. The molecule has 0 aliphatic rings. The third-order valence-electron chi connectivity index (χ3n) is 4.41. The maximum Gasteiger partial charge on any atom is 0.263 e. The molecule has 8 nitrogen and oxygen atoms in total. The van der Waals surface area contributed by atoms with Crippen molar-refractivity contribution in [1.82, 2.24) is 9.97 Å². The molecule has 154 valence electrons. The van der Waals surface area contributed by atoms with Crippen molar-refractivity contribution in [2.24, 2.45) is 0 Å². The molecule has 0 aliphatic carbocycles. The molecule has 0 saturated heterocycles. The third-order valence-corrected chi connectivity index (χ3v) is 5.74. The van der Waals surface area contributed by atoms with E-state index in [-0.39, 0.29) is 22.1 Å². The lowest BCUT2D eigenvalue weighted by Gasteiger charge is -2.14. The van der Waals surface area contributed by atoms with Gasteiger partial charge < -0.3 is 10.1 Å². The monoisotopic (exact) mass is 431 g/mol. The molecule has 0 fully saturated rings. The van der Waals surface area contributed by atoms with Gasteiger partial charge in [0, 0.05) is 11.8 Å². The largest absolute Gasteiger partial charge is 0.497 e. The lowest BCUT2D eigenvalue weighted by atomic mass is 10.2. The first-order chi connectivity index (χ1) is 15.0. The average molecular weight is 431 g/mol. The molecule has 4 aromatic rings. The van der Waals surface area contributed by atoms with Crippen LogP contribution in [0.25, 0.3) is 11.0 Å². The van der Waals surface area contributed by atoms with Gasteiger partial charge in [0.25, 0.3) is 10.0 Å². The maximum atomic E-state index is 13.0. The molecule has 31 heavy (non-hydrogen) atoms. The van der Waals surface area contributed by atoms with Gasteiger partial charge in [-0.3, -0.25) is 4.72 Å². The van der Waals surface area contributed by atoms with Crippen LogP contribution in [0.1, 0.15) is 5.56 Å². The Labute approximate surface area is 179 Å². The van der Waals surface area contributed by atoms with Crippen molar-refractivity contribution >= 4 is 38.4 Å². The van der Waals surface area contributed by atoms with Gasteiger partial charge in [-0.1, -0.05) is 24.3 Å². The smallest absolute Gasteiger partial charge is 0.263 e. The number of hydrogen-bond acceptors (Lipinski definition) is 7. The first-order valence-electron chi connectivity index (χ1n) is 9.19. The molecule has 0 amide bonds. The summed E-state index contributed by atoms with van der Waals surface area (Å²) in [7, 11) is -2.45. The molecule has 4 rings (SSSR count). The molecule has 0 saturated carbocycles. The van der Waals surface area contributed by atoms with Crippen LogP contribution < -0.4 is 14.8 Å². The second kappa shape index (κ2) is 8.30. The molecule has 9 heteroatoms. The minimum absolute atomic E-state index is 0.0314. The zero-order valence-electron chi connectivity index (χ0n) is 16.4. The highest BCUT2D eigenvalue weighted by molar-refractivity contribution is 7.92. The predicted molar refractivity (Wildman–Crippen MR) is 118 cm³/mol. The fourth-order valence-electron chi connectivity index (χ4n) is 2.91. The second-order valence-corrected chi connectivity index (χ2v) is 8.19. The van der Waals surface area contributed by atoms with Crippen molar-refractivity contribution < 1.29 is 13.2 Å². The van der Waals surface area contributed by atoms with Crippen molar-refractivity contribution in [3.05, 3.63) is 78.4 Å². The van der Waals surface area contributed by atoms with Gasteiger partial charge in [-0.2, -0.15) is 5.26 Å². The van der Waals surface area contributed by atoms with Gasteiger partial charge in [0.15, 0.2) is 11.6 Å². The molecule has 0 unspecified atom stereocenters. The number of para-hydroxylation sites is 2. The summed E-state index contributed by atoms with van der Waals surface area (Å²) in [6.07, 6.45) is 0. The van der Waals surface area contributed by atoms with E-state index in [9.17, 15) is 8.42 Å². The van der Waals surface area contributed by atoms with Crippen LogP contribution in [0.2, 0.25) is 0 Å². The number of nitriles is 1. The molecular weight excluding hydrogens is 414 g/mol. The summed E-state index contributed by atoms with van der Waals surface area (Å²) in [5, 5.41) is 12.2. The normalized spacial score (nSPS) is 11.0. The summed E-state index contributed by atoms with van der Waals surface area (Å²) >= 11 is 0. The number of hydrogen-bond donors (Lipinski definition) is 2. The number of rotatable bonds is 6. The van der Waals surface area contributed by atoms with Gasteiger partial charge in [0.1, 0.15) is 5.75 Å². The number of fused-ring (bicyclic) bond motifs is 1. The molecule has 0 aliphatic heterocycles. The van der Waals surface area contributed by atoms with Crippen LogP contribution >= 0.6 is 0 Å². The highest BCUT2D eigenvalue weighted by Crippen LogP contribution is 2.28. The summed E-state index contributed by atoms with van der Waals surface area (Å²) in [5.74, 6) is 0.894. The zero-order chi connectivity index (χ0) is 21.8. The minimum Gasteiger partial charge on any atom is -0.497 e. The van der Waals surface area contributed by atoms with E-state index in [1.54, 1.807) is 49.6 Å². The molecule has 0 atom stereocenters. The third kappa shape index (κ3) is 4.39. The summed E-state index contributed by atoms with van der Waals surface area (Å²) < 4.78 is 33.7. The number of methoxy groups -OCH3 is 1. The Balaban J connectivity index is 1.78. The second-order valence-electron chi connectivity index (χ2n) is 6.51. The van der Waals surface area contributed by atoms with Gasteiger partial charge in [0.05, 0.1) is 34.7 Å². The Morgan fingerprint density at radius 1 is 0.903 bits per heavy atom. The van der Waals surface area contributed by atoms with Crippen LogP contribution in [-0.4, -0.2) is 25.5 Å². The molecular formula is C22H17N5O3S. The fraction of sp³-hybridized carbons (Fsp3) is 0.0455. The Morgan fingerprint density at radius 3 is 2.32 bits per heavy atom. The fourth-order valence-corrected chi connectivity index (χ4v) is 3.97. The summed E-state index contributed by atoms with van der Waals surface area (Å²) in [5.41, 5.74) is 2.02. The topological polar surface area (TPSA) is 117 Å². The quantitative estimate of drug-likeness (QED) is 0.473. The number of ether oxygens (including phenoxy) is 1. The SMILES string of the molecule is COc1cccc(Nc2nc3ccccc3nc2NS(=O)(=O)c2cccc(C#N)c2)c1. The first kappa shape index (κ1) is 20.1. The van der Waals surface area contributed by atoms with Crippen molar-refractivity contribution in [1.29, 1.82) is 5.26 Å². The van der Waals surface area contributed by atoms with E-state index in [0.717, 1.165) is 0 Å². The Kier molecular flexibility index (Phi) is 5.39. The van der Waals surface area contributed by atoms with Gasteiger partial charge in [-0.05, 0) is 42.5 Å².